The topological polar surface area (TPSA) is 61.8 Å². The molecule has 1 aromatic rings. The molecule has 1 unspecified atom stereocenters. The third-order valence-corrected chi connectivity index (χ3v) is 7.04. The number of carbonyl (C=O) groups excluding carboxylic acids is 2. The quantitative estimate of drug-likeness (QED) is 0.672. The van der Waals surface area contributed by atoms with Gasteiger partial charge in [0, 0.05) is 4.48 Å². The van der Waals surface area contributed by atoms with Crippen LogP contribution in [0.4, 0.5) is 0 Å². The molecule has 2 bridgehead atoms. The summed E-state index contributed by atoms with van der Waals surface area (Å²) in [5.41, 5.74) is 2.94. The van der Waals surface area contributed by atoms with Crippen LogP contribution in [-0.4, -0.2) is 42.8 Å². The number of benzene rings is 1. The van der Waals surface area contributed by atoms with Crippen LogP contribution in [0.5, 0.6) is 0 Å². The number of Topliss-reactive ketones (excluding diaryl/α,β-unsaturated/α-hetero) is 2. The second-order valence-electron chi connectivity index (χ2n) is 8.05. The number of halogens is 1. The standard InChI is InChI=1S/C21H21BrO5/c1-9-6-10(2)13(11(3)7-9)14-17(23)15-16(18(14)24)21(20-25-4-5-26-20)8-12(22)19(15)27-21/h6-8,14-16,19-20H,4-5H2,1-3H3/t14?,15-,16+,19-,21+/m0/s1. The van der Waals surface area contributed by atoms with E-state index in [1.165, 1.54) is 0 Å². The molecule has 0 amide bonds. The first kappa shape index (κ1) is 17.7. The first-order valence-corrected chi connectivity index (χ1v) is 10.1. The van der Waals surface area contributed by atoms with Gasteiger partial charge in [0.25, 0.3) is 0 Å². The van der Waals surface area contributed by atoms with Crippen molar-refractivity contribution in [2.75, 3.05) is 13.2 Å². The Bertz CT molecular complexity index is 877. The lowest BCUT2D eigenvalue weighted by Gasteiger charge is -2.33. The Kier molecular flexibility index (Phi) is 3.83. The molecule has 3 fully saturated rings. The number of ether oxygens (including phenoxy) is 3. The van der Waals surface area contributed by atoms with E-state index in [-0.39, 0.29) is 11.6 Å². The van der Waals surface area contributed by atoms with Crippen LogP contribution in [0.1, 0.15) is 28.2 Å². The van der Waals surface area contributed by atoms with Crippen molar-refractivity contribution in [3.05, 3.63) is 44.9 Å². The van der Waals surface area contributed by atoms with E-state index in [4.69, 9.17) is 14.2 Å². The van der Waals surface area contributed by atoms with E-state index in [9.17, 15) is 9.59 Å². The van der Waals surface area contributed by atoms with Gasteiger partial charge >= 0.3 is 0 Å². The number of hydrogen-bond donors (Lipinski definition) is 0. The van der Waals surface area contributed by atoms with Gasteiger partial charge in [0.1, 0.15) is 17.6 Å². The first-order chi connectivity index (χ1) is 12.8. The monoisotopic (exact) mass is 432 g/mol. The Hall–Kier alpha value is -1.34. The molecule has 5 rings (SSSR count). The minimum absolute atomic E-state index is 0.0463. The summed E-state index contributed by atoms with van der Waals surface area (Å²) >= 11 is 3.54. The Balaban J connectivity index is 1.62. The molecule has 0 radical (unpaired) electrons. The highest BCUT2D eigenvalue weighted by molar-refractivity contribution is 9.11. The van der Waals surface area contributed by atoms with Gasteiger partial charge in [-0.1, -0.05) is 33.6 Å². The highest BCUT2D eigenvalue weighted by Gasteiger charge is 2.72. The summed E-state index contributed by atoms with van der Waals surface area (Å²) in [6.07, 6.45) is 0.799. The van der Waals surface area contributed by atoms with E-state index in [0.29, 0.717) is 13.2 Å². The number of rotatable bonds is 2. The van der Waals surface area contributed by atoms with Crippen LogP contribution < -0.4 is 0 Å². The summed E-state index contributed by atoms with van der Waals surface area (Å²) in [5.74, 6) is -1.91. The highest BCUT2D eigenvalue weighted by atomic mass is 79.9. The predicted octanol–water partition coefficient (Wildman–Crippen LogP) is 2.88. The lowest BCUT2D eigenvalue weighted by atomic mass is 9.76. The highest BCUT2D eigenvalue weighted by Crippen LogP contribution is 2.60. The van der Waals surface area contributed by atoms with Crippen LogP contribution in [0.2, 0.25) is 0 Å². The van der Waals surface area contributed by atoms with Gasteiger partial charge in [-0.3, -0.25) is 9.59 Å². The van der Waals surface area contributed by atoms with Gasteiger partial charge in [0.15, 0.2) is 17.9 Å². The Morgan fingerprint density at radius 1 is 1.04 bits per heavy atom. The van der Waals surface area contributed by atoms with Crippen molar-refractivity contribution < 1.29 is 23.8 Å². The number of fused-ring (bicyclic) bond motifs is 5. The van der Waals surface area contributed by atoms with Gasteiger partial charge in [-0.25, -0.2) is 0 Å². The molecule has 2 saturated heterocycles. The fourth-order valence-corrected chi connectivity index (χ4v) is 6.25. The molecular weight excluding hydrogens is 412 g/mol. The maximum atomic E-state index is 13.6. The summed E-state index contributed by atoms with van der Waals surface area (Å²) in [5, 5.41) is 0. The van der Waals surface area contributed by atoms with Crippen molar-refractivity contribution in [1.82, 2.24) is 0 Å². The van der Waals surface area contributed by atoms with E-state index in [0.717, 1.165) is 26.7 Å². The molecule has 5 nitrogen and oxygen atoms in total. The van der Waals surface area contributed by atoms with Crippen LogP contribution in [0.15, 0.2) is 22.7 Å². The summed E-state index contributed by atoms with van der Waals surface area (Å²) in [7, 11) is 0. The van der Waals surface area contributed by atoms with Gasteiger partial charge < -0.3 is 14.2 Å². The van der Waals surface area contributed by atoms with Crippen molar-refractivity contribution in [2.24, 2.45) is 11.8 Å². The van der Waals surface area contributed by atoms with Gasteiger partial charge in [0.2, 0.25) is 0 Å². The zero-order valence-corrected chi connectivity index (χ0v) is 17.0. The number of hydrogen-bond acceptors (Lipinski definition) is 5. The van der Waals surface area contributed by atoms with E-state index >= 15 is 0 Å². The Labute approximate surface area is 166 Å². The normalized spacial score (nSPS) is 38.0. The van der Waals surface area contributed by atoms with Crippen LogP contribution in [0, 0.1) is 32.6 Å². The molecule has 0 spiro atoms. The molecule has 1 aliphatic carbocycles. The van der Waals surface area contributed by atoms with Gasteiger partial charge in [-0.05, 0) is 43.5 Å². The van der Waals surface area contributed by atoms with E-state index < -0.39 is 35.7 Å². The predicted molar refractivity (Wildman–Crippen MR) is 101 cm³/mol. The summed E-state index contributed by atoms with van der Waals surface area (Å²) in [6.45, 7) is 6.90. The molecule has 4 aliphatic rings. The Morgan fingerprint density at radius 2 is 1.67 bits per heavy atom. The minimum atomic E-state index is -1.02. The zero-order valence-electron chi connectivity index (χ0n) is 15.5. The molecule has 142 valence electrons. The maximum Gasteiger partial charge on any atom is 0.191 e. The van der Waals surface area contributed by atoms with Crippen LogP contribution >= 0.6 is 15.9 Å². The maximum absolute atomic E-state index is 13.6. The summed E-state index contributed by atoms with van der Waals surface area (Å²) in [6, 6.07) is 4.07. The number of aryl methyl sites for hydroxylation is 3. The lowest BCUT2D eigenvalue weighted by Crippen LogP contribution is -2.48. The molecular formula is C21H21BrO5. The first-order valence-electron chi connectivity index (χ1n) is 9.29. The molecule has 1 saturated carbocycles. The van der Waals surface area contributed by atoms with Crippen LogP contribution in [0.25, 0.3) is 0 Å². The average Bonchev–Trinajstić information content (AvgIpc) is 3.32. The fourth-order valence-electron chi connectivity index (χ4n) is 5.52. The molecule has 5 atom stereocenters. The molecule has 3 aliphatic heterocycles. The van der Waals surface area contributed by atoms with Crippen LogP contribution in [0.3, 0.4) is 0 Å². The van der Waals surface area contributed by atoms with Crippen molar-refractivity contribution in [3.63, 3.8) is 0 Å². The Morgan fingerprint density at radius 3 is 2.30 bits per heavy atom. The number of carbonyl (C=O) groups is 2. The van der Waals surface area contributed by atoms with Gasteiger partial charge in [0.05, 0.1) is 25.0 Å². The SMILES string of the molecule is Cc1cc(C)c(C2C(=O)[C@H]3[C@H]4O[C@](C5OCCO5)(C=C4Br)[C@H]3C2=O)c(C)c1. The van der Waals surface area contributed by atoms with Crippen molar-refractivity contribution in [2.45, 2.75) is 44.7 Å². The third kappa shape index (κ3) is 2.21. The van der Waals surface area contributed by atoms with E-state index in [1.807, 2.05) is 39.0 Å². The second-order valence-corrected chi connectivity index (χ2v) is 8.96. The second kappa shape index (κ2) is 5.83. The van der Waals surface area contributed by atoms with Gasteiger partial charge in [-0.15, -0.1) is 0 Å². The zero-order chi connectivity index (χ0) is 19.1. The molecule has 6 heteroatoms. The van der Waals surface area contributed by atoms with Crippen molar-refractivity contribution in [3.8, 4) is 0 Å². The lowest BCUT2D eigenvalue weighted by molar-refractivity contribution is -0.180. The largest absolute Gasteiger partial charge is 0.356 e. The van der Waals surface area contributed by atoms with Crippen molar-refractivity contribution in [1.29, 1.82) is 0 Å². The summed E-state index contributed by atoms with van der Waals surface area (Å²) < 4.78 is 18.5. The molecule has 0 N–H and O–H groups in total. The third-order valence-electron chi connectivity index (χ3n) is 6.36. The molecule has 27 heavy (non-hydrogen) atoms. The summed E-state index contributed by atoms with van der Waals surface area (Å²) in [4.78, 5) is 27.0. The van der Waals surface area contributed by atoms with Crippen molar-refractivity contribution >= 4 is 27.5 Å². The molecule has 0 aromatic heterocycles. The van der Waals surface area contributed by atoms with Crippen LogP contribution in [-0.2, 0) is 23.8 Å². The smallest absolute Gasteiger partial charge is 0.191 e. The van der Waals surface area contributed by atoms with E-state index in [1.54, 1.807) is 0 Å². The van der Waals surface area contributed by atoms with E-state index in [2.05, 4.69) is 15.9 Å². The minimum Gasteiger partial charge on any atom is -0.356 e. The molecule has 1 aromatic carbocycles. The average molecular weight is 433 g/mol. The number of ketones is 2. The molecule has 3 heterocycles. The van der Waals surface area contributed by atoms with Gasteiger partial charge in [-0.2, -0.15) is 0 Å². The fraction of sp³-hybridized carbons (Fsp3) is 0.524.